The molecule has 140 valence electrons. The molecule has 1 N–H and O–H groups in total. The fraction of sp³-hybridized carbons (Fsp3) is 0.429. The monoisotopic (exact) mass is 381 g/mol. The van der Waals surface area contributed by atoms with Gasteiger partial charge >= 0.3 is 0 Å². The van der Waals surface area contributed by atoms with Gasteiger partial charge in [-0.05, 0) is 75.5 Å². The summed E-state index contributed by atoms with van der Waals surface area (Å²) in [6.07, 6.45) is 2.36. The first-order valence-corrected chi connectivity index (χ1v) is 10.4. The highest BCUT2D eigenvalue weighted by Crippen LogP contribution is 2.32. The first-order chi connectivity index (χ1) is 13.1. The predicted octanol–water partition coefficient (Wildman–Crippen LogP) is 4.00. The van der Waals surface area contributed by atoms with E-state index in [1.165, 1.54) is 30.8 Å². The topological polar surface area (TPSA) is 58.4 Å². The predicted molar refractivity (Wildman–Crippen MR) is 107 cm³/mol. The fourth-order valence-corrected chi connectivity index (χ4v) is 5.16. The average molecular weight is 382 g/mol. The van der Waals surface area contributed by atoms with Crippen LogP contribution in [0.3, 0.4) is 0 Å². The summed E-state index contributed by atoms with van der Waals surface area (Å²) in [5, 5.41) is 3.28. The summed E-state index contributed by atoms with van der Waals surface area (Å²) in [4.78, 5) is 22.4. The SMILES string of the molecule is Cc1cc(C(=O)NC2CN3CCC2CC3)c2nc(-c3ccc(C)s3)oc2c1. The van der Waals surface area contributed by atoms with Gasteiger partial charge in [0.1, 0.15) is 5.52 Å². The molecular formula is C21H23N3O2S. The van der Waals surface area contributed by atoms with E-state index in [1.807, 2.05) is 25.1 Å². The minimum atomic E-state index is -0.0374. The molecule has 3 fully saturated rings. The number of carbonyl (C=O) groups is 1. The Morgan fingerprint density at radius 1 is 1.26 bits per heavy atom. The number of amides is 1. The van der Waals surface area contributed by atoms with Crippen LogP contribution in [-0.4, -0.2) is 41.5 Å². The molecule has 5 nitrogen and oxygen atoms in total. The van der Waals surface area contributed by atoms with Crippen LogP contribution >= 0.6 is 11.3 Å². The lowest BCUT2D eigenvalue weighted by atomic mass is 9.84. The largest absolute Gasteiger partial charge is 0.435 e. The van der Waals surface area contributed by atoms with Crippen molar-refractivity contribution in [2.75, 3.05) is 19.6 Å². The second-order valence-corrected chi connectivity index (χ2v) is 9.09. The lowest BCUT2D eigenvalue weighted by molar-refractivity contribution is 0.0621. The summed E-state index contributed by atoms with van der Waals surface area (Å²) in [7, 11) is 0. The van der Waals surface area contributed by atoms with Crippen molar-refractivity contribution in [3.05, 3.63) is 40.3 Å². The highest BCUT2D eigenvalue weighted by atomic mass is 32.1. The van der Waals surface area contributed by atoms with Crippen molar-refractivity contribution in [1.29, 1.82) is 0 Å². The highest BCUT2D eigenvalue weighted by Gasteiger charge is 2.35. The van der Waals surface area contributed by atoms with Gasteiger partial charge in [0, 0.05) is 17.5 Å². The Morgan fingerprint density at radius 2 is 2.07 bits per heavy atom. The Kier molecular flexibility index (Phi) is 4.06. The van der Waals surface area contributed by atoms with Gasteiger partial charge in [-0.1, -0.05) is 0 Å². The zero-order valence-electron chi connectivity index (χ0n) is 15.6. The molecule has 1 aromatic carbocycles. The van der Waals surface area contributed by atoms with Crippen LogP contribution in [0.25, 0.3) is 21.9 Å². The van der Waals surface area contributed by atoms with E-state index in [0.29, 0.717) is 28.5 Å². The molecule has 2 aromatic heterocycles. The van der Waals surface area contributed by atoms with E-state index in [1.54, 1.807) is 11.3 Å². The van der Waals surface area contributed by atoms with Gasteiger partial charge in [-0.3, -0.25) is 4.79 Å². The molecule has 2 bridgehead atoms. The molecule has 3 aromatic rings. The molecule has 5 heterocycles. The third-order valence-corrected chi connectivity index (χ3v) is 6.80. The van der Waals surface area contributed by atoms with E-state index in [2.05, 4.69) is 28.2 Å². The summed E-state index contributed by atoms with van der Waals surface area (Å²) >= 11 is 1.65. The van der Waals surface area contributed by atoms with Crippen molar-refractivity contribution in [3.63, 3.8) is 0 Å². The number of nitrogens with one attached hydrogen (secondary N) is 1. The second-order valence-electron chi connectivity index (χ2n) is 7.81. The van der Waals surface area contributed by atoms with Gasteiger partial charge in [-0.2, -0.15) is 0 Å². The lowest BCUT2D eigenvalue weighted by Gasteiger charge is -2.44. The summed E-state index contributed by atoms with van der Waals surface area (Å²) in [6, 6.07) is 8.19. The molecule has 0 aliphatic carbocycles. The number of fused-ring (bicyclic) bond motifs is 4. The molecule has 0 saturated carbocycles. The van der Waals surface area contributed by atoms with Crippen molar-refractivity contribution < 1.29 is 9.21 Å². The van der Waals surface area contributed by atoms with Crippen LogP contribution in [-0.2, 0) is 0 Å². The Hall–Kier alpha value is -2.18. The fourth-order valence-electron chi connectivity index (χ4n) is 4.37. The van der Waals surface area contributed by atoms with Crippen LogP contribution < -0.4 is 5.32 Å². The van der Waals surface area contributed by atoms with Crippen molar-refractivity contribution in [3.8, 4) is 10.8 Å². The van der Waals surface area contributed by atoms with Gasteiger partial charge in [0.25, 0.3) is 5.91 Å². The van der Waals surface area contributed by atoms with Gasteiger partial charge in [0.2, 0.25) is 5.89 Å². The van der Waals surface area contributed by atoms with E-state index >= 15 is 0 Å². The quantitative estimate of drug-likeness (QED) is 0.745. The first-order valence-electron chi connectivity index (χ1n) is 9.58. The molecule has 1 unspecified atom stereocenters. The Labute approximate surface area is 162 Å². The summed E-state index contributed by atoms with van der Waals surface area (Å²) in [5.41, 5.74) is 2.95. The van der Waals surface area contributed by atoms with E-state index in [0.717, 1.165) is 17.0 Å². The molecule has 3 aliphatic rings. The van der Waals surface area contributed by atoms with Crippen LogP contribution in [0.4, 0.5) is 0 Å². The molecule has 1 atom stereocenters. The summed E-state index contributed by atoms with van der Waals surface area (Å²) < 4.78 is 5.99. The molecule has 6 rings (SSSR count). The smallest absolute Gasteiger partial charge is 0.253 e. The number of benzene rings is 1. The zero-order valence-corrected chi connectivity index (χ0v) is 16.4. The van der Waals surface area contributed by atoms with Gasteiger partial charge in [0.15, 0.2) is 5.58 Å². The maximum Gasteiger partial charge on any atom is 0.253 e. The maximum absolute atomic E-state index is 13.1. The van der Waals surface area contributed by atoms with Gasteiger partial charge in [0.05, 0.1) is 10.4 Å². The summed E-state index contributed by atoms with van der Waals surface area (Å²) in [6.45, 7) is 7.34. The second kappa shape index (κ2) is 6.46. The summed E-state index contributed by atoms with van der Waals surface area (Å²) in [5.74, 6) is 1.15. The van der Waals surface area contributed by atoms with Crippen LogP contribution in [0.1, 0.15) is 33.6 Å². The highest BCUT2D eigenvalue weighted by molar-refractivity contribution is 7.15. The molecule has 0 spiro atoms. The molecule has 27 heavy (non-hydrogen) atoms. The van der Waals surface area contributed by atoms with Crippen LogP contribution in [0, 0.1) is 19.8 Å². The van der Waals surface area contributed by atoms with E-state index in [4.69, 9.17) is 4.42 Å². The molecule has 3 aliphatic heterocycles. The number of rotatable bonds is 3. The van der Waals surface area contributed by atoms with E-state index in [9.17, 15) is 4.79 Å². The minimum Gasteiger partial charge on any atom is -0.435 e. The molecule has 1 amide bonds. The van der Waals surface area contributed by atoms with E-state index in [-0.39, 0.29) is 11.9 Å². The molecule has 0 radical (unpaired) electrons. The number of piperidine rings is 3. The molecular weight excluding hydrogens is 358 g/mol. The van der Waals surface area contributed by atoms with Crippen LogP contribution in [0.15, 0.2) is 28.7 Å². The number of hydrogen-bond donors (Lipinski definition) is 1. The number of nitrogens with zero attached hydrogens (tertiary/aromatic N) is 2. The number of aromatic nitrogens is 1. The van der Waals surface area contributed by atoms with Crippen molar-refractivity contribution in [2.45, 2.75) is 32.7 Å². The van der Waals surface area contributed by atoms with Crippen LogP contribution in [0.2, 0.25) is 0 Å². The van der Waals surface area contributed by atoms with Gasteiger partial charge in [-0.25, -0.2) is 4.98 Å². The van der Waals surface area contributed by atoms with Crippen LogP contribution in [0.5, 0.6) is 0 Å². The molecule has 6 heteroatoms. The number of aryl methyl sites for hydroxylation is 2. The number of carbonyl (C=O) groups excluding carboxylic acids is 1. The number of oxazole rings is 1. The zero-order chi connectivity index (χ0) is 18.5. The van der Waals surface area contributed by atoms with Crippen molar-refractivity contribution >= 4 is 28.3 Å². The third kappa shape index (κ3) is 3.07. The molecule has 3 saturated heterocycles. The lowest BCUT2D eigenvalue weighted by Crippen LogP contribution is -2.57. The first kappa shape index (κ1) is 17.0. The Bertz CT molecular complexity index is 1010. The standard InChI is InChI=1S/C21H23N3O2S/c1-12-9-15(20(25)22-16-11-24-7-5-14(16)6-8-24)19-17(10-12)26-21(23-19)18-4-3-13(2)27-18/h3-4,9-10,14,16H,5-8,11H2,1-2H3,(H,22,25). The van der Waals surface area contributed by atoms with Crippen molar-refractivity contribution in [2.24, 2.45) is 5.92 Å². The third-order valence-electron chi connectivity index (χ3n) is 5.81. The van der Waals surface area contributed by atoms with Gasteiger partial charge < -0.3 is 14.6 Å². The Balaban J connectivity index is 1.48. The van der Waals surface area contributed by atoms with E-state index < -0.39 is 0 Å². The number of thiophene rings is 1. The normalized spacial score (nSPS) is 24.4. The van der Waals surface area contributed by atoms with Gasteiger partial charge in [-0.15, -0.1) is 11.3 Å². The Morgan fingerprint density at radius 3 is 2.74 bits per heavy atom. The average Bonchev–Trinajstić information content (AvgIpc) is 3.28. The van der Waals surface area contributed by atoms with Crippen molar-refractivity contribution in [1.82, 2.24) is 15.2 Å². The number of hydrogen-bond acceptors (Lipinski definition) is 5. The maximum atomic E-state index is 13.1. The minimum absolute atomic E-state index is 0.0374.